The number of carboxylic acids is 1. The van der Waals surface area contributed by atoms with Crippen molar-refractivity contribution in [3.63, 3.8) is 0 Å². The smallest absolute Gasteiger partial charge is 0.346 e. The molecule has 1 aliphatic heterocycles. The van der Waals surface area contributed by atoms with Crippen molar-refractivity contribution >= 4 is 73.3 Å². The Hall–Kier alpha value is -4.44. The van der Waals surface area contributed by atoms with E-state index in [0.717, 1.165) is 43.2 Å². The number of nitrogens with zero attached hydrogens (tertiary/aromatic N) is 2. The number of carboxylic acid groups (broad SMARTS) is 1. The van der Waals surface area contributed by atoms with E-state index in [1.807, 2.05) is 6.07 Å². The average Bonchev–Trinajstić information content (AvgIpc) is 3.44. The molecule has 0 fully saturated rings. The number of anilines is 3. The third-order valence-corrected chi connectivity index (χ3v) is 8.81. The maximum absolute atomic E-state index is 11.1. The molecule has 6 rings (SSSR count). The highest BCUT2D eigenvalue weighted by Crippen LogP contribution is 2.41. The third-order valence-electron chi connectivity index (χ3n) is 6.60. The molecule has 184 valence electrons. The molecular weight excluding hydrogens is 508 g/mol. The summed E-state index contributed by atoms with van der Waals surface area (Å²) in [5.74, 6) is -1.21. The van der Waals surface area contributed by atoms with Crippen LogP contribution in [0, 0.1) is 11.3 Å². The van der Waals surface area contributed by atoms with E-state index in [1.165, 1.54) is 39.9 Å². The van der Waals surface area contributed by atoms with Crippen molar-refractivity contribution in [2.75, 3.05) is 4.90 Å². The Kier molecular flexibility index (Phi) is 6.38. The Balaban J connectivity index is 1.25. The Morgan fingerprint density at radius 3 is 2.00 bits per heavy atom. The van der Waals surface area contributed by atoms with Crippen LogP contribution < -0.4 is 4.90 Å². The zero-order valence-electron chi connectivity index (χ0n) is 20.3. The number of para-hydroxylation sites is 2. The second-order valence-electron chi connectivity index (χ2n) is 9.02. The summed E-state index contributed by atoms with van der Waals surface area (Å²) in [5.41, 5.74) is 7.18. The van der Waals surface area contributed by atoms with E-state index in [1.54, 1.807) is 17.4 Å². The van der Waals surface area contributed by atoms with Gasteiger partial charge in [-0.25, -0.2) is 4.79 Å². The molecule has 0 saturated carbocycles. The van der Waals surface area contributed by atoms with Crippen molar-refractivity contribution in [2.45, 2.75) is 12.8 Å². The van der Waals surface area contributed by atoms with Crippen LogP contribution in [0.3, 0.4) is 0 Å². The van der Waals surface area contributed by atoms with Gasteiger partial charge in [0.05, 0.1) is 0 Å². The molecule has 1 aliphatic rings. The molecule has 0 radical (unpaired) electrons. The fraction of sp³-hybridized carbons (Fsp3) is 0.0625. The first-order valence-corrected chi connectivity index (χ1v) is 13.8. The highest BCUT2D eigenvalue weighted by atomic mass is 32.1. The van der Waals surface area contributed by atoms with Crippen molar-refractivity contribution in [3.8, 4) is 6.07 Å². The van der Waals surface area contributed by atoms with Crippen molar-refractivity contribution in [1.29, 1.82) is 5.26 Å². The van der Waals surface area contributed by atoms with Gasteiger partial charge >= 0.3 is 5.97 Å². The number of aryl methyl sites for hydroxylation is 2. The molecule has 0 saturated heterocycles. The standard InChI is InChI=1S/C32H22N2O2S2/c33-20-24(32(35)36)17-27-19-31-30(38-27)18-26(37-31)16-11-21-9-14-25(15-10-21)34-28-7-3-1-5-22(28)12-13-23-6-2-4-8-29(23)34/h1-11,14-19H,12-13H2,(H,35,36)/b16-11+,24-17-. The molecule has 0 atom stereocenters. The lowest BCUT2D eigenvalue weighted by molar-refractivity contribution is -0.132. The number of thiophene rings is 2. The summed E-state index contributed by atoms with van der Waals surface area (Å²) >= 11 is 3.14. The molecule has 6 heteroatoms. The van der Waals surface area contributed by atoms with Crippen molar-refractivity contribution in [2.24, 2.45) is 0 Å². The van der Waals surface area contributed by atoms with Crippen LogP contribution in [-0.4, -0.2) is 11.1 Å². The summed E-state index contributed by atoms with van der Waals surface area (Å²) in [6.45, 7) is 0. The monoisotopic (exact) mass is 530 g/mol. The minimum absolute atomic E-state index is 0.255. The number of nitriles is 1. The molecule has 1 N–H and O–H groups in total. The van der Waals surface area contributed by atoms with Gasteiger partial charge in [-0.05, 0) is 78.1 Å². The van der Waals surface area contributed by atoms with E-state index in [-0.39, 0.29) is 5.57 Å². The average molecular weight is 531 g/mol. The van der Waals surface area contributed by atoms with E-state index in [2.05, 4.69) is 95.9 Å². The van der Waals surface area contributed by atoms with Gasteiger partial charge in [-0.1, -0.05) is 54.6 Å². The molecular formula is C32H22N2O2S2. The summed E-state index contributed by atoms with van der Waals surface area (Å²) in [5, 5.41) is 18.1. The quantitative estimate of drug-likeness (QED) is 0.182. The first kappa shape index (κ1) is 23.9. The SMILES string of the molecule is N#C/C(=C/c1cc2sc(/C=C/c3ccc(N4c5ccccc5CCc5ccccc54)cc3)cc2s1)C(=O)O. The van der Waals surface area contributed by atoms with Crippen LogP contribution in [0.4, 0.5) is 17.1 Å². The molecule has 3 heterocycles. The lowest BCUT2D eigenvalue weighted by atomic mass is 10.0. The molecule has 0 amide bonds. The number of hydrogen-bond acceptors (Lipinski definition) is 5. The summed E-state index contributed by atoms with van der Waals surface area (Å²) in [4.78, 5) is 15.4. The van der Waals surface area contributed by atoms with E-state index >= 15 is 0 Å². The molecule has 0 bridgehead atoms. The van der Waals surface area contributed by atoms with Gasteiger partial charge in [0.25, 0.3) is 0 Å². The van der Waals surface area contributed by atoms with E-state index in [4.69, 9.17) is 10.4 Å². The maximum atomic E-state index is 11.1. The third kappa shape index (κ3) is 4.66. The fourth-order valence-electron chi connectivity index (χ4n) is 4.78. The molecule has 0 spiro atoms. The zero-order valence-corrected chi connectivity index (χ0v) is 21.9. The normalized spacial score (nSPS) is 13.2. The minimum atomic E-state index is -1.21. The summed E-state index contributed by atoms with van der Waals surface area (Å²) in [6, 6.07) is 31.7. The summed E-state index contributed by atoms with van der Waals surface area (Å²) in [6.07, 6.45) is 7.70. The first-order chi connectivity index (χ1) is 18.6. The molecule has 4 nitrogen and oxygen atoms in total. The number of hydrogen-bond donors (Lipinski definition) is 1. The van der Waals surface area contributed by atoms with Crippen molar-refractivity contribution in [3.05, 3.63) is 117 Å². The van der Waals surface area contributed by atoms with Gasteiger partial charge in [-0.15, -0.1) is 22.7 Å². The Morgan fingerprint density at radius 1 is 0.816 bits per heavy atom. The van der Waals surface area contributed by atoms with E-state index < -0.39 is 5.97 Å². The van der Waals surface area contributed by atoms with Crippen LogP contribution >= 0.6 is 22.7 Å². The molecule has 0 aliphatic carbocycles. The van der Waals surface area contributed by atoms with Crippen LogP contribution in [0.2, 0.25) is 0 Å². The Morgan fingerprint density at radius 2 is 1.39 bits per heavy atom. The van der Waals surface area contributed by atoms with E-state index in [9.17, 15) is 4.79 Å². The van der Waals surface area contributed by atoms with Gasteiger partial charge in [0.15, 0.2) is 0 Å². The van der Waals surface area contributed by atoms with E-state index in [0.29, 0.717) is 0 Å². The molecule has 5 aromatic rings. The highest BCUT2D eigenvalue weighted by molar-refractivity contribution is 7.28. The van der Waals surface area contributed by atoms with Crippen LogP contribution in [0.25, 0.3) is 27.6 Å². The van der Waals surface area contributed by atoms with Gasteiger partial charge in [-0.3, -0.25) is 0 Å². The predicted molar refractivity (Wildman–Crippen MR) is 158 cm³/mol. The number of benzene rings is 3. The lowest BCUT2D eigenvalue weighted by Gasteiger charge is -2.27. The number of carbonyl (C=O) groups is 1. The zero-order chi connectivity index (χ0) is 26.1. The van der Waals surface area contributed by atoms with Crippen LogP contribution in [0.5, 0.6) is 0 Å². The second kappa shape index (κ2) is 10.1. The van der Waals surface area contributed by atoms with Gasteiger partial charge in [-0.2, -0.15) is 5.26 Å². The Bertz CT molecular complexity index is 1690. The van der Waals surface area contributed by atoms with Crippen LogP contribution in [-0.2, 0) is 17.6 Å². The molecule has 38 heavy (non-hydrogen) atoms. The number of aliphatic carboxylic acids is 1. The van der Waals surface area contributed by atoms with Crippen LogP contribution in [0.1, 0.15) is 26.4 Å². The second-order valence-corrected chi connectivity index (χ2v) is 11.2. The first-order valence-electron chi connectivity index (χ1n) is 12.2. The number of rotatable bonds is 5. The topological polar surface area (TPSA) is 64.3 Å². The largest absolute Gasteiger partial charge is 0.477 e. The maximum Gasteiger partial charge on any atom is 0.346 e. The summed E-state index contributed by atoms with van der Waals surface area (Å²) < 4.78 is 2.16. The highest BCUT2D eigenvalue weighted by Gasteiger charge is 2.21. The molecule has 2 aromatic heterocycles. The predicted octanol–water partition coefficient (Wildman–Crippen LogP) is 8.69. The van der Waals surface area contributed by atoms with Crippen molar-refractivity contribution < 1.29 is 9.90 Å². The van der Waals surface area contributed by atoms with Gasteiger partial charge < -0.3 is 10.0 Å². The fourth-order valence-corrected chi connectivity index (χ4v) is 7.05. The number of fused-ring (bicyclic) bond motifs is 3. The summed E-state index contributed by atoms with van der Waals surface area (Å²) in [7, 11) is 0. The van der Waals surface area contributed by atoms with Crippen LogP contribution in [0.15, 0.2) is 90.5 Å². The molecule has 0 unspecified atom stereocenters. The molecule has 3 aromatic carbocycles. The minimum Gasteiger partial charge on any atom is -0.477 e. The van der Waals surface area contributed by atoms with Gasteiger partial charge in [0.1, 0.15) is 11.6 Å². The van der Waals surface area contributed by atoms with Gasteiger partial charge in [0, 0.05) is 36.2 Å². The van der Waals surface area contributed by atoms with Crippen molar-refractivity contribution in [1.82, 2.24) is 0 Å². The van der Waals surface area contributed by atoms with Gasteiger partial charge in [0.2, 0.25) is 0 Å². The Labute approximate surface area is 228 Å². The lowest BCUT2D eigenvalue weighted by Crippen LogP contribution is -2.11.